The van der Waals surface area contributed by atoms with Crippen LogP contribution in [0.5, 0.6) is 5.75 Å². The highest BCUT2D eigenvalue weighted by Gasteiger charge is 2.07. The highest BCUT2D eigenvalue weighted by molar-refractivity contribution is 7.22. The van der Waals surface area contributed by atoms with Crippen molar-refractivity contribution >= 4 is 33.0 Å². The summed E-state index contributed by atoms with van der Waals surface area (Å²) in [6, 6.07) is 8.08. The lowest BCUT2D eigenvalue weighted by molar-refractivity contribution is 0.415. The summed E-state index contributed by atoms with van der Waals surface area (Å²) in [5.41, 5.74) is 0.794. The summed E-state index contributed by atoms with van der Waals surface area (Å²) in [5, 5.41) is 1.57. The quantitative estimate of drug-likeness (QED) is 0.709. The van der Waals surface area contributed by atoms with Gasteiger partial charge in [-0.15, -0.1) is 11.3 Å². The van der Waals surface area contributed by atoms with Gasteiger partial charge in [0.1, 0.15) is 16.6 Å². The van der Waals surface area contributed by atoms with Crippen molar-refractivity contribution in [3.63, 3.8) is 0 Å². The second kappa shape index (κ2) is 4.55. The third kappa shape index (κ3) is 2.05. The normalized spacial score (nSPS) is 10.8. The molecule has 1 aromatic carbocycles. The number of thiophene rings is 1. The minimum Gasteiger partial charge on any atom is -0.497 e. The van der Waals surface area contributed by atoms with E-state index in [-0.39, 0.29) is 0 Å². The third-order valence-electron chi connectivity index (χ3n) is 2.58. The fourth-order valence-electron chi connectivity index (χ4n) is 1.73. The molecule has 3 aromatic rings. The number of rotatable bonds is 2. The highest BCUT2D eigenvalue weighted by Crippen LogP contribution is 2.34. The van der Waals surface area contributed by atoms with Crippen LogP contribution in [0.3, 0.4) is 0 Å². The molecule has 5 heteroatoms. The molecule has 2 heterocycles. The van der Waals surface area contributed by atoms with Crippen molar-refractivity contribution in [1.29, 1.82) is 0 Å². The van der Waals surface area contributed by atoms with Crippen molar-refractivity contribution in [2.75, 3.05) is 7.11 Å². The number of benzene rings is 1. The summed E-state index contributed by atoms with van der Waals surface area (Å²) in [6.45, 7) is 0. The van der Waals surface area contributed by atoms with E-state index < -0.39 is 0 Å². The average Bonchev–Trinajstić information content (AvgIpc) is 2.81. The van der Waals surface area contributed by atoms with E-state index in [2.05, 4.69) is 16.0 Å². The van der Waals surface area contributed by atoms with Crippen LogP contribution in [0.2, 0.25) is 5.15 Å². The number of aromatic nitrogens is 2. The first-order valence-electron chi connectivity index (χ1n) is 5.32. The number of ether oxygens (including phenoxy) is 1. The molecule has 18 heavy (non-hydrogen) atoms. The second-order valence-electron chi connectivity index (χ2n) is 3.74. The Hall–Kier alpha value is -1.65. The molecule has 0 aliphatic carbocycles. The molecule has 90 valence electrons. The Kier molecular flexibility index (Phi) is 2.89. The maximum Gasteiger partial charge on any atom is 0.148 e. The van der Waals surface area contributed by atoms with Crippen LogP contribution in [0.15, 0.2) is 36.7 Å². The number of fused-ring (bicyclic) bond motifs is 1. The van der Waals surface area contributed by atoms with E-state index in [4.69, 9.17) is 16.3 Å². The van der Waals surface area contributed by atoms with Crippen molar-refractivity contribution in [2.45, 2.75) is 0 Å². The first-order valence-corrected chi connectivity index (χ1v) is 6.51. The Bertz CT molecular complexity index is 711. The van der Waals surface area contributed by atoms with Crippen molar-refractivity contribution in [1.82, 2.24) is 9.97 Å². The zero-order valence-electron chi connectivity index (χ0n) is 9.55. The summed E-state index contributed by atoms with van der Waals surface area (Å²) >= 11 is 7.50. The van der Waals surface area contributed by atoms with Gasteiger partial charge >= 0.3 is 0 Å². The van der Waals surface area contributed by atoms with Crippen LogP contribution in [0.4, 0.5) is 0 Å². The van der Waals surface area contributed by atoms with E-state index in [9.17, 15) is 0 Å². The van der Waals surface area contributed by atoms with Gasteiger partial charge in [0.25, 0.3) is 0 Å². The molecule has 0 aliphatic rings. The Labute approximate surface area is 113 Å². The summed E-state index contributed by atoms with van der Waals surface area (Å²) in [5.74, 6) is 0.855. The maximum absolute atomic E-state index is 5.85. The van der Waals surface area contributed by atoms with E-state index in [1.807, 2.05) is 18.2 Å². The number of halogens is 1. The van der Waals surface area contributed by atoms with Crippen LogP contribution in [0.25, 0.3) is 20.7 Å². The van der Waals surface area contributed by atoms with Gasteiger partial charge in [-0.25, -0.2) is 4.98 Å². The molecule has 0 saturated carbocycles. The van der Waals surface area contributed by atoms with Crippen LogP contribution in [0.1, 0.15) is 0 Å². The molecular formula is C13H9ClN2OS. The standard InChI is InChI=1S/C13H9ClN2OS/c1-17-9-3-2-8-4-12(18-11(8)5-9)10-6-15-7-13(14)16-10/h2-7H,1H3. The number of methoxy groups -OCH3 is 1. The van der Waals surface area contributed by atoms with Crippen molar-refractivity contribution in [3.05, 3.63) is 41.8 Å². The van der Waals surface area contributed by atoms with Gasteiger partial charge in [-0.05, 0) is 29.7 Å². The van der Waals surface area contributed by atoms with Crippen molar-refractivity contribution in [2.24, 2.45) is 0 Å². The molecule has 0 N–H and O–H groups in total. The molecule has 0 aliphatic heterocycles. The topological polar surface area (TPSA) is 35.0 Å². The summed E-state index contributed by atoms with van der Waals surface area (Å²) in [4.78, 5) is 9.36. The SMILES string of the molecule is COc1ccc2cc(-c3cncc(Cl)n3)sc2c1. The lowest BCUT2D eigenvalue weighted by Crippen LogP contribution is -1.82. The predicted molar refractivity (Wildman–Crippen MR) is 74.4 cm³/mol. The fourth-order valence-corrected chi connectivity index (χ4v) is 2.92. The van der Waals surface area contributed by atoms with E-state index in [0.717, 1.165) is 26.4 Å². The zero-order chi connectivity index (χ0) is 12.5. The van der Waals surface area contributed by atoms with Gasteiger partial charge in [0, 0.05) is 4.70 Å². The monoisotopic (exact) mass is 276 g/mol. The zero-order valence-corrected chi connectivity index (χ0v) is 11.1. The van der Waals surface area contributed by atoms with Crippen molar-refractivity contribution < 1.29 is 4.74 Å². The lowest BCUT2D eigenvalue weighted by Gasteiger charge is -1.97. The molecule has 3 rings (SSSR count). The maximum atomic E-state index is 5.85. The highest BCUT2D eigenvalue weighted by atomic mass is 35.5. The fraction of sp³-hybridized carbons (Fsp3) is 0.0769. The molecule has 0 saturated heterocycles. The summed E-state index contributed by atoms with van der Waals surface area (Å²) < 4.78 is 6.37. The van der Waals surface area contributed by atoms with Gasteiger partial charge in [0.05, 0.1) is 24.4 Å². The van der Waals surface area contributed by atoms with Gasteiger partial charge in [-0.1, -0.05) is 11.6 Å². The Morgan fingerprint density at radius 1 is 1.22 bits per heavy atom. The Morgan fingerprint density at radius 2 is 2.11 bits per heavy atom. The summed E-state index contributed by atoms with van der Waals surface area (Å²) in [6.07, 6.45) is 3.25. The van der Waals surface area contributed by atoms with Crippen LogP contribution in [-0.4, -0.2) is 17.1 Å². The third-order valence-corrected chi connectivity index (χ3v) is 3.89. The van der Waals surface area contributed by atoms with E-state index in [1.54, 1.807) is 24.6 Å². The smallest absolute Gasteiger partial charge is 0.148 e. The molecule has 0 spiro atoms. The number of hydrogen-bond donors (Lipinski definition) is 0. The van der Waals surface area contributed by atoms with Crippen LogP contribution in [-0.2, 0) is 0 Å². The van der Waals surface area contributed by atoms with Crippen LogP contribution in [0, 0.1) is 0 Å². The van der Waals surface area contributed by atoms with E-state index in [0.29, 0.717) is 5.15 Å². The molecule has 3 nitrogen and oxygen atoms in total. The molecule has 0 fully saturated rings. The van der Waals surface area contributed by atoms with E-state index in [1.165, 1.54) is 6.20 Å². The average molecular weight is 277 g/mol. The van der Waals surface area contributed by atoms with Gasteiger partial charge in [0.2, 0.25) is 0 Å². The van der Waals surface area contributed by atoms with Crippen LogP contribution >= 0.6 is 22.9 Å². The largest absolute Gasteiger partial charge is 0.497 e. The number of hydrogen-bond acceptors (Lipinski definition) is 4. The number of nitrogens with zero attached hydrogens (tertiary/aromatic N) is 2. The minimum atomic E-state index is 0.405. The van der Waals surface area contributed by atoms with Gasteiger partial charge < -0.3 is 4.74 Å². The first-order chi connectivity index (χ1) is 8.76. The molecule has 0 radical (unpaired) electrons. The Balaban J connectivity index is 2.13. The lowest BCUT2D eigenvalue weighted by atomic mass is 10.2. The van der Waals surface area contributed by atoms with Crippen molar-refractivity contribution in [3.8, 4) is 16.3 Å². The predicted octanol–water partition coefficient (Wildman–Crippen LogP) is 4.02. The molecule has 0 unspecified atom stereocenters. The van der Waals surface area contributed by atoms with Crippen LogP contribution < -0.4 is 4.74 Å². The molecule has 0 amide bonds. The summed E-state index contributed by atoms with van der Waals surface area (Å²) in [7, 11) is 1.66. The molecule has 2 aromatic heterocycles. The minimum absolute atomic E-state index is 0.405. The Morgan fingerprint density at radius 3 is 2.89 bits per heavy atom. The van der Waals surface area contributed by atoms with Gasteiger partial charge in [0.15, 0.2) is 0 Å². The molecule has 0 bridgehead atoms. The first kappa shape index (κ1) is 11.4. The van der Waals surface area contributed by atoms with E-state index >= 15 is 0 Å². The second-order valence-corrected chi connectivity index (χ2v) is 5.21. The van der Waals surface area contributed by atoms with Gasteiger partial charge in [-0.2, -0.15) is 0 Å². The molecule has 0 atom stereocenters. The van der Waals surface area contributed by atoms with Gasteiger partial charge in [-0.3, -0.25) is 4.98 Å². The molecular weight excluding hydrogens is 268 g/mol.